The summed E-state index contributed by atoms with van der Waals surface area (Å²) < 4.78 is 0. The molecule has 0 saturated carbocycles. The maximum atomic E-state index is 10.2. The predicted octanol–water partition coefficient (Wildman–Crippen LogP) is 4.07. The van der Waals surface area contributed by atoms with E-state index in [-0.39, 0.29) is 0 Å². The Labute approximate surface area is 113 Å². The molecule has 0 aromatic heterocycles. The molecule has 0 radical (unpaired) electrons. The molecule has 0 bridgehead atoms. The molecule has 1 nitrogen and oxygen atoms in total. The average molecular weight is 258 g/mol. The molecule has 0 aliphatic carbocycles. The molecule has 2 rings (SSSR count). The lowest BCUT2D eigenvalue weighted by Gasteiger charge is -2.11. The molecule has 2 aromatic rings. The Balaban J connectivity index is 2.02. The quantitative estimate of drug-likeness (QED) is 0.816. The standard InChI is InChI=1S/C16H18OS/c1-2-18-15-10-8-14(9-11-15)16(17)12-13-6-4-3-5-7-13/h3-11,16-17H,2,12H2,1H3. The van der Waals surface area contributed by atoms with Gasteiger partial charge < -0.3 is 5.11 Å². The zero-order chi connectivity index (χ0) is 12.8. The first kappa shape index (κ1) is 13.2. The summed E-state index contributed by atoms with van der Waals surface area (Å²) in [5, 5.41) is 10.2. The molecule has 0 spiro atoms. The van der Waals surface area contributed by atoms with E-state index >= 15 is 0 Å². The number of aliphatic hydroxyl groups is 1. The Kier molecular flexibility index (Phi) is 4.85. The van der Waals surface area contributed by atoms with Crippen LogP contribution in [0.2, 0.25) is 0 Å². The Morgan fingerprint density at radius 1 is 1.00 bits per heavy atom. The highest BCUT2D eigenvalue weighted by Crippen LogP contribution is 2.22. The van der Waals surface area contributed by atoms with Gasteiger partial charge in [-0.2, -0.15) is 0 Å². The van der Waals surface area contributed by atoms with Crippen LogP contribution in [0.25, 0.3) is 0 Å². The van der Waals surface area contributed by atoms with Gasteiger partial charge >= 0.3 is 0 Å². The highest BCUT2D eigenvalue weighted by Gasteiger charge is 2.08. The van der Waals surface area contributed by atoms with Crippen LogP contribution in [-0.4, -0.2) is 10.9 Å². The summed E-state index contributed by atoms with van der Waals surface area (Å²) in [5.74, 6) is 1.08. The first-order chi connectivity index (χ1) is 8.79. The van der Waals surface area contributed by atoms with Crippen LogP contribution in [0, 0.1) is 0 Å². The molecule has 0 fully saturated rings. The van der Waals surface area contributed by atoms with E-state index in [1.807, 2.05) is 54.2 Å². The first-order valence-corrected chi connectivity index (χ1v) is 7.23. The van der Waals surface area contributed by atoms with Gasteiger partial charge in [-0.05, 0) is 29.0 Å². The van der Waals surface area contributed by atoms with Gasteiger partial charge in [0.15, 0.2) is 0 Å². The topological polar surface area (TPSA) is 20.2 Å². The van der Waals surface area contributed by atoms with Crippen molar-refractivity contribution >= 4 is 11.8 Å². The Morgan fingerprint density at radius 2 is 1.67 bits per heavy atom. The number of hydrogen-bond acceptors (Lipinski definition) is 2. The Hall–Kier alpha value is -1.25. The third-order valence-corrected chi connectivity index (χ3v) is 3.74. The molecule has 0 aliphatic rings. The number of hydrogen-bond donors (Lipinski definition) is 1. The van der Waals surface area contributed by atoms with Gasteiger partial charge in [0.1, 0.15) is 0 Å². The number of rotatable bonds is 5. The van der Waals surface area contributed by atoms with Crippen molar-refractivity contribution in [3.63, 3.8) is 0 Å². The van der Waals surface area contributed by atoms with Crippen LogP contribution >= 0.6 is 11.8 Å². The molecule has 0 heterocycles. The minimum Gasteiger partial charge on any atom is -0.388 e. The number of aliphatic hydroxyl groups excluding tert-OH is 1. The van der Waals surface area contributed by atoms with E-state index in [4.69, 9.17) is 0 Å². The summed E-state index contributed by atoms with van der Waals surface area (Å²) in [6, 6.07) is 18.3. The SMILES string of the molecule is CCSc1ccc(C(O)Cc2ccccc2)cc1. The smallest absolute Gasteiger partial charge is 0.0830 e. The van der Waals surface area contributed by atoms with Crippen LogP contribution in [0.15, 0.2) is 59.5 Å². The molecule has 1 unspecified atom stereocenters. The van der Waals surface area contributed by atoms with Gasteiger partial charge in [-0.25, -0.2) is 0 Å². The van der Waals surface area contributed by atoms with Crippen LogP contribution in [0.5, 0.6) is 0 Å². The van der Waals surface area contributed by atoms with Crippen molar-refractivity contribution in [1.29, 1.82) is 0 Å². The predicted molar refractivity (Wildman–Crippen MR) is 77.9 cm³/mol. The van der Waals surface area contributed by atoms with Crippen molar-refractivity contribution in [2.75, 3.05) is 5.75 Å². The van der Waals surface area contributed by atoms with Crippen LogP contribution < -0.4 is 0 Å². The summed E-state index contributed by atoms with van der Waals surface area (Å²) in [4.78, 5) is 1.26. The second-order valence-electron chi connectivity index (χ2n) is 4.21. The van der Waals surface area contributed by atoms with Crippen molar-refractivity contribution in [2.24, 2.45) is 0 Å². The number of benzene rings is 2. The van der Waals surface area contributed by atoms with Gasteiger partial charge in [-0.3, -0.25) is 0 Å². The minimum atomic E-state index is -0.423. The fraction of sp³-hybridized carbons (Fsp3) is 0.250. The average Bonchev–Trinajstić information content (AvgIpc) is 2.41. The number of thioether (sulfide) groups is 1. The molecular formula is C16H18OS. The largest absolute Gasteiger partial charge is 0.388 e. The monoisotopic (exact) mass is 258 g/mol. The maximum absolute atomic E-state index is 10.2. The molecule has 0 saturated heterocycles. The highest BCUT2D eigenvalue weighted by atomic mass is 32.2. The molecule has 2 heteroatoms. The molecule has 94 valence electrons. The molecule has 0 aliphatic heterocycles. The fourth-order valence-corrected chi connectivity index (χ4v) is 2.57. The molecule has 18 heavy (non-hydrogen) atoms. The maximum Gasteiger partial charge on any atom is 0.0830 e. The summed E-state index contributed by atoms with van der Waals surface area (Å²) in [6.45, 7) is 2.14. The van der Waals surface area contributed by atoms with Gasteiger partial charge in [0, 0.05) is 11.3 Å². The lowest BCUT2D eigenvalue weighted by Crippen LogP contribution is -2.01. The summed E-state index contributed by atoms with van der Waals surface area (Å²) in [7, 11) is 0. The van der Waals surface area contributed by atoms with Gasteiger partial charge in [-0.15, -0.1) is 11.8 Å². The van der Waals surface area contributed by atoms with Crippen molar-refractivity contribution in [2.45, 2.75) is 24.3 Å². The van der Waals surface area contributed by atoms with E-state index in [0.29, 0.717) is 6.42 Å². The van der Waals surface area contributed by atoms with E-state index in [1.54, 1.807) is 0 Å². The van der Waals surface area contributed by atoms with Gasteiger partial charge in [0.05, 0.1) is 6.10 Å². The lowest BCUT2D eigenvalue weighted by atomic mass is 10.0. The zero-order valence-corrected chi connectivity index (χ0v) is 11.4. The normalized spacial score (nSPS) is 12.3. The highest BCUT2D eigenvalue weighted by molar-refractivity contribution is 7.99. The zero-order valence-electron chi connectivity index (χ0n) is 10.5. The van der Waals surface area contributed by atoms with Crippen molar-refractivity contribution < 1.29 is 5.11 Å². The van der Waals surface area contributed by atoms with Crippen LogP contribution in [0.3, 0.4) is 0 Å². The Bertz CT molecular complexity index is 464. The molecular weight excluding hydrogens is 240 g/mol. The second kappa shape index (κ2) is 6.62. The van der Waals surface area contributed by atoms with E-state index in [0.717, 1.165) is 16.9 Å². The van der Waals surface area contributed by atoms with E-state index in [9.17, 15) is 5.11 Å². The minimum absolute atomic E-state index is 0.423. The summed E-state index contributed by atoms with van der Waals surface area (Å²) in [6.07, 6.45) is 0.245. The second-order valence-corrected chi connectivity index (χ2v) is 5.54. The van der Waals surface area contributed by atoms with Crippen molar-refractivity contribution in [3.05, 3.63) is 65.7 Å². The van der Waals surface area contributed by atoms with Crippen molar-refractivity contribution in [3.8, 4) is 0 Å². The summed E-state index contributed by atoms with van der Waals surface area (Å²) >= 11 is 1.82. The third kappa shape index (κ3) is 3.62. The molecule has 1 N–H and O–H groups in total. The van der Waals surface area contributed by atoms with Crippen LogP contribution in [0.1, 0.15) is 24.2 Å². The fourth-order valence-electron chi connectivity index (χ4n) is 1.91. The van der Waals surface area contributed by atoms with E-state index in [2.05, 4.69) is 19.1 Å². The van der Waals surface area contributed by atoms with Crippen LogP contribution in [0.4, 0.5) is 0 Å². The molecule has 2 aromatic carbocycles. The van der Waals surface area contributed by atoms with Gasteiger partial charge in [-0.1, -0.05) is 49.4 Å². The molecule has 1 atom stereocenters. The van der Waals surface area contributed by atoms with Gasteiger partial charge in [0.25, 0.3) is 0 Å². The third-order valence-electron chi connectivity index (χ3n) is 2.85. The Morgan fingerprint density at radius 3 is 2.28 bits per heavy atom. The molecule has 0 amide bonds. The van der Waals surface area contributed by atoms with E-state index < -0.39 is 6.10 Å². The van der Waals surface area contributed by atoms with Crippen molar-refractivity contribution in [1.82, 2.24) is 0 Å². The first-order valence-electron chi connectivity index (χ1n) is 6.24. The lowest BCUT2D eigenvalue weighted by molar-refractivity contribution is 0.178. The van der Waals surface area contributed by atoms with E-state index in [1.165, 1.54) is 4.90 Å². The van der Waals surface area contributed by atoms with Crippen LogP contribution in [-0.2, 0) is 6.42 Å². The van der Waals surface area contributed by atoms with Gasteiger partial charge in [0.2, 0.25) is 0 Å². The summed E-state index contributed by atoms with van der Waals surface area (Å²) in [5.41, 5.74) is 2.15.